The van der Waals surface area contributed by atoms with E-state index in [9.17, 15) is 4.79 Å². The second-order valence-corrected chi connectivity index (χ2v) is 7.55. The number of nitrogens with zero attached hydrogens (tertiary/aromatic N) is 2. The zero-order chi connectivity index (χ0) is 18.0. The third-order valence-corrected chi connectivity index (χ3v) is 5.13. The van der Waals surface area contributed by atoms with E-state index >= 15 is 0 Å². The van der Waals surface area contributed by atoms with Crippen molar-refractivity contribution in [1.82, 2.24) is 4.90 Å². The largest absolute Gasteiger partial charge is 0.284 e. The first-order valence-corrected chi connectivity index (χ1v) is 9.28. The highest BCUT2D eigenvalue weighted by atomic mass is 35.5. The maximum absolute atomic E-state index is 12.8. The molecule has 3 rings (SSSR count). The van der Waals surface area contributed by atoms with Crippen LogP contribution in [0.15, 0.2) is 58.4 Å². The predicted octanol–water partition coefficient (Wildman–Crippen LogP) is 5.66. The van der Waals surface area contributed by atoms with Gasteiger partial charge in [-0.15, -0.1) is 0 Å². The molecular weight excluding hydrogens is 352 g/mol. The number of hydrogen-bond donors (Lipinski definition) is 0. The summed E-state index contributed by atoms with van der Waals surface area (Å²) in [5, 5.41) is 1.32. The smallest absolute Gasteiger partial charge is 0.266 e. The number of rotatable bonds is 3. The molecule has 0 aromatic heterocycles. The zero-order valence-corrected chi connectivity index (χ0v) is 15.9. The number of benzene rings is 2. The first kappa shape index (κ1) is 17.8. The molecule has 3 nitrogen and oxygen atoms in total. The molecule has 2 aromatic carbocycles. The van der Waals surface area contributed by atoms with E-state index in [2.05, 4.69) is 4.99 Å². The average Bonchev–Trinajstić information content (AvgIpc) is 2.87. The number of carbonyl (C=O) groups is 1. The van der Waals surface area contributed by atoms with Crippen LogP contribution in [0.25, 0.3) is 6.08 Å². The van der Waals surface area contributed by atoms with Crippen LogP contribution in [0.1, 0.15) is 25.0 Å². The van der Waals surface area contributed by atoms with Crippen LogP contribution in [0.5, 0.6) is 0 Å². The Balaban J connectivity index is 1.98. The van der Waals surface area contributed by atoms with Crippen molar-refractivity contribution in [2.75, 3.05) is 0 Å². The number of hydrogen-bond acceptors (Lipinski definition) is 3. The second kappa shape index (κ2) is 7.46. The van der Waals surface area contributed by atoms with Crippen LogP contribution in [0.3, 0.4) is 0 Å². The highest BCUT2D eigenvalue weighted by molar-refractivity contribution is 8.18. The summed E-state index contributed by atoms with van der Waals surface area (Å²) >= 11 is 7.61. The average molecular weight is 371 g/mol. The van der Waals surface area contributed by atoms with E-state index in [1.165, 1.54) is 17.3 Å². The van der Waals surface area contributed by atoms with Crippen molar-refractivity contribution in [2.24, 2.45) is 4.99 Å². The van der Waals surface area contributed by atoms with E-state index in [1.54, 1.807) is 4.90 Å². The van der Waals surface area contributed by atoms with Crippen molar-refractivity contribution in [1.29, 1.82) is 0 Å². The summed E-state index contributed by atoms with van der Waals surface area (Å²) in [6.07, 6.45) is 1.84. The van der Waals surface area contributed by atoms with Crippen LogP contribution in [-0.4, -0.2) is 22.0 Å². The number of amides is 1. The summed E-state index contributed by atoms with van der Waals surface area (Å²) in [4.78, 5) is 19.9. The summed E-state index contributed by atoms with van der Waals surface area (Å²) < 4.78 is 0. The van der Waals surface area contributed by atoms with E-state index in [0.29, 0.717) is 15.1 Å². The van der Waals surface area contributed by atoms with Crippen LogP contribution in [0, 0.1) is 6.92 Å². The molecule has 0 bridgehead atoms. The molecule has 0 aliphatic carbocycles. The summed E-state index contributed by atoms with van der Waals surface area (Å²) in [5.41, 5.74) is 2.85. The summed E-state index contributed by atoms with van der Waals surface area (Å²) in [7, 11) is 0. The molecule has 1 amide bonds. The zero-order valence-electron chi connectivity index (χ0n) is 14.4. The Kier molecular flexibility index (Phi) is 5.30. The lowest BCUT2D eigenvalue weighted by Gasteiger charge is -2.19. The maximum atomic E-state index is 12.8. The first-order valence-electron chi connectivity index (χ1n) is 8.08. The highest BCUT2D eigenvalue weighted by Gasteiger charge is 2.35. The topological polar surface area (TPSA) is 32.7 Å². The SMILES string of the molecule is Cc1ccc(N=C2S/C(=C/c3ccccc3Cl)C(=O)N2C(C)C)cc1. The van der Waals surface area contributed by atoms with Gasteiger partial charge in [-0.05, 0) is 62.4 Å². The van der Waals surface area contributed by atoms with E-state index in [-0.39, 0.29) is 11.9 Å². The van der Waals surface area contributed by atoms with Gasteiger partial charge in [0.15, 0.2) is 5.17 Å². The molecule has 1 saturated heterocycles. The van der Waals surface area contributed by atoms with Gasteiger partial charge in [-0.2, -0.15) is 0 Å². The molecule has 0 radical (unpaired) electrons. The van der Waals surface area contributed by atoms with Crippen LogP contribution in [0.2, 0.25) is 5.02 Å². The molecule has 1 heterocycles. The molecule has 0 spiro atoms. The van der Waals surface area contributed by atoms with Gasteiger partial charge >= 0.3 is 0 Å². The minimum absolute atomic E-state index is 0.0290. The lowest BCUT2D eigenvalue weighted by Crippen LogP contribution is -2.35. The summed E-state index contributed by atoms with van der Waals surface area (Å²) in [6.45, 7) is 6.01. The fourth-order valence-electron chi connectivity index (χ4n) is 2.48. The standard InChI is InChI=1S/C20H19ClN2OS/c1-13(2)23-19(24)18(12-15-6-4-5-7-17(15)21)25-20(23)22-16-10-8-14(3)9-11-16/h4-13H,1-3H3/b18-12+,22-20?. The van der Waals surface area contributed by atoms with Gasteiger partial charge in [0, 0.05) is 11.1 Å². The molecule has 5 heteroatoms. The third kappa shape index (κ3) is 3.97. The third-order valence-electron chi connectivity index (χ3n) is 3.80. The minimum Gasteiger partial charge on any atom is -0.284 e. The van der Waals surface area contributed by atoms with E-state index < -0.39 is 0 Å². The molecule has 1 aliphatic heterocycles. The molecule has 0 saturated carbocycles. The number of halogens is 1. The molecule has 2 aromatic rings. The first-order chi connectivity index (χ1) is 12.0. The van der Waals surface area contributed by atoms with Gasteiger partial charge in [-0.1, -0.05) is 47.5 Å². The van der Waals surface area contributed by atoms with Gasteiger partial charge in [-0.25, -0.2) is 4.99 Å². The molecule has 128 valence electrons. The Morgan fingerprint density at radius 2 is 1.80 bits per heavy atom. The van der Waals surface area contributed by atoms with Crippen LogP contribution in [0.4, 0.5) is 5.69 Å². The predicted molar refractivity (Wildman–Crippen MR) is 107 cm³/mol. The molecule has 0 N–H and O–H groups in total. The number of carbonyl (C=O) groups excluding carboxylic acids is 1. The van der Waals surface area contributed by atoms with Gasteiger partial charge in [-0.3, -0.25) is 9.69 Å². The minimum atomic E-state index is -0.0363. The van der Waals surface area contributed by atoms with Gasteiger partial charge in [0.1, 0.15) is 0 Å². The Hall–Kier alpha value is -2.04. The van der Waals surface area contributed by atoms with Crippen LogP contribution < -0.4 is 0 Å². The molecule has 0 atom stereocenters. The lowest BCUT2D eigenvalue weighted by molar-refractivity contribution is -0.123. The quantitative estimate of drug-likeness (QED) is 0.653. The van der Waals surface area contributed by atoms with Crippen molar-refractivity contribution in [2.45, 2.75) is 26.8 Å². The normalized spacial score (nSPS) is 18.0. The second-order valence-electron chi connectivity index (χ2n) is 6.13. The summed E-state index contributed by atoms with van der Waals surface area (Å²) in [6, 6.07) is 15.5. The van der Waals surface area contributed by atoms with Crippen molar-refractivity contribution in [3.05, 3.63) is 69.6 Å². The lowest BCUT2D eigenvalue weighted by atomic mass is 10.2. The van der Waals surface area contributed by atoms with Crippen LogP contribution in [-0.2, 0) is 4.79 Å². The van der Waals surface area contributed by atoms with Gasteiger partial charge in [0.25, 0.3) is 5.91 Å². The van der Waals surface area contributed by atoms with Crippen molar-refractivity contribution in [3.63, 3.8) is 0 Å². The number of aryl methyl sites for hydroxylation is 1. The van der Waals surface area contributed by atoms with Gasteiger partial charge < -0.3 is 0 Å². The highest BCUT2D eigenvalue weighted by Crippen LogP contribution is 2.36. The van der Waals surface area contributed by atoms with E-state index in [4.69, 9.17) is 11.6 Å². The van der Waals surface area contributed by atoms with Gasteiger partial charge in [0.2, 0.25) is 0 Å². The Bertz CT molecular complexity index is 856. The Labute approximate surface area is 157 Å². The maximum Gasteiger partial charge on any atom is 0.266 e. The van der Waals surface area contributed by atoms with Crippen molar-refractivity contribution >= 4 is 46.2 Å². The molecule has 1 aliphatic rings. The summed E-state index contributed by atoms with van der Waals surface area (Å²) in [5.74, 6) is -0.0363. The molecule has 1 fully saturated rings. The number of aliphatic imine (C=N–C) groups is 1. The number of amidine groups is 1. The molecular formula is C20H19ClN2OS. The number of thioether (sulfide) groups is 1. The van der Waals surface area contributed by atoms with Crippen molar-refractivity contribution in [3.8, 4) is 0 Å². The van der Waals surface area contributed by atoms with E-state index in [1.807, 2.05) is 75.4 Å². The molecule has 25 heavy (non-hydrogen) atoms. The fourth-order valence-corrected chi connectivity index (χ4v) is 3.78. The van der Waals surface area contributed by atoms with Crippen LogP contribution >= 0.6 is 23.4 Å². The molecule has 0 unspecified atom stereocenters. The monoisotopic (exact) mass is 370 g/mol. The van der Waals surface area contributed by atoms with Crippen molar-refractivity contribution < 1.29 is 4.79 Å². The Morgan fingerprint density at radius 3 is 2.44 bits per heavy atom. The van der Waals surface area contributed by atoms with E-state index in [0.717, 1.165) is 11.3 Å². The Morgan fingerprint density at radius 1 is 1.12 bits per heavy atom. The fraction of sp³-hybridized carbons (Fsp3) is 0.200. The van der Waals surface area contributed by atoms with Gasteiger partial charge in [0.05, 0.1) is 10.6 Å².